The number of hydrogen-bond donors (Lipinski definition) is 0. The van der Waals surface area contributed by atoms with Crippen molar-refractivity contribution in [3.63, 3.8) is 0 Å². The van der Waals surface area contributed by atoms with Crippen molar-refractivity contribution in [1.29, 1.82) is 0 Å². The topological polar surface area (TPSA) is 9.23 Å². The summed E-state index contributed by atoms with van der Waals surface area (Å²) in [7, 11) is 0. The maximum Gasteiger partial charge on any atom is 0.120 e. The predicted molar refractivity (Wildman–Crippen MR) is 88.3 cm³/mol. The zero-order valence-corrected chi connectivity index (χ0v) is 13.7. The Morgan fingerprint density at radius 1 is 1.00 bits per heavy atom. The third kappa shape index (κ3) is 3.17. The molecule has 0 atom stereocenters. The molecule has 0 aliphatic heterocycles. The van der Waals surface area contributed by atoms with Gasteiger partial charge in [0.2, 0.25) is 0 Å². The quantitative estimate of drug-likeness (QED) is 0.660. The smallest absolute Gasteiger partial charge is 0.120 e. The van der Waals surface area contributed by atoms with Gasteiger partial charge in [-0.1, -0.05) is 41.9 Å². The average molecular weight is 333 g/mol. The summed E-state index contributed by atoms with van der Waals surface area (Å²) in [4.78, 5) is 0. The Morgan fingerprint density at radius 3 is 2.40 bits per heavy atom. The van der Waals surface area contributed by atoms with Crippen LogP contribution < -0.4 is 4.74 Å². The van der Waals surface area contributed by atoms with E-state index in [9.17, 15) is 0 Å². The summed E-state index contributed by atoms with van der Waals surface area (Å²) in [5.41, 5.74) is 0.496. The molecule has 0 N–H and O–H groups in total. The van der Waals surface area contributed by atoms with Gasteiger partial charge in [0.1, 0.15) is 5.75 Å². The lowest BCUT2D eigenvalue weighted by Gasteiger charge is -2.34. The highest BCUT2D eigenvalue weighted by atomic mass is 79.9. The lowest BCUT2D eigenvalue weighted by atomic mass is 9.76. The third-order valence-electron chi connectivity index (χ3n) is 4.36. The van der Waals surface area contributed by atoms with Gasteiger partial charge in [-0.15, -0.1) is 0 Å². The summed E-state index contributed by atoms with van der Waals surface area (Å²) >= 11 is 3.51. The van der Waals surface area contributed by atoms with E-state index in [4.69, 9.17) is 4.74 Å². The fourth-order valence-electron chi connectivity index (χ4n) is 2.95. The summed E-state index contributed by atoms with van der Waals surface area (Å²) in [6, 6.07) is 12.7. The highest BCUT2D eigenvalue weighted by molar-refractivity contribution is 9.10. The molecule has 0 bridgehead atoms. The van der Waals surface area contributed by atoms with Crippen LogP contribution in [0, 0.1) is 5.41 Å². The molecular formula is C18H21BrO. The molecular weight excluding hydrogens is 312 g/mol. The molecule has 1 nitrogen and oxygen atoms in total. The molecule has 20 heavy (non-hydrogen) atoms. The molecule has 2 aromatic carbocycles. The fraction of sp³-hybridized carbons (Fsp3) is 0.444. The molecule has 1 aliphatic rings. The van der Waals surface area contributed by atoms with Gasteiger partial charge in [-0.05, 0) is 66.1 Å². The SMILES string of the molecule is CC1(C)CCC(Oc2ccc3cc(Br)ccc3c2)CC1. The van der Waals surface area contributed by atoms with Gasteiger partial charge in [0, 0.05) is 4.47 Å². The monoisotopic (exact) mass is 332 g/mol. The van der Waals surface area contributed by atoms with E-state index in [1.54, 1.807) is 0 Å². The molecule has 106 valence electrons. The first-order valence-corrected chi connectivity index (χ1v) is 8.17. The Bertz CT molecular complexity index is 608. The summed E-state index contributed by atoms with van der Waals surface area (Å²) in [6.45, 7) is 4.72. The van der Waals surface area contributed by atoms with E-state index in [0.29, 0.717) is 11.5 Å². The van der Waals surface area contributed by atoms with Crippen LogP contribution in [0.2, 0.25) is 0 Å². The molecule has 1 fully saturated rings. The second-order valence-corrected chi connectivity index (χ2v) is 7.55. The minimum absolute atomic E-state index is 0.385. The first kappa shape index (κ1) is 13.9. The highest BCUT2D eigenvalue weighted by Crippen LogP contribution is 2.37. The van der Waals surface area contributed by atoms with Crippen molar-refractivity contribution in [2.75, 3.05) is 0 Å². The number of hydrogen-bond acceptors (Lipinski definition) is 1. The van der Waals surface area contributed by atoms with Gasteiger partial charge in [-0.2, -0.15) is 0 Å². The number of rotatable bonds is 2. The lowest BCUT2D eigenvalue weighted by Crippen LogP contribution is -2.28. The van der Waals surface area contributed by atoms with E-state index < -0.39 is 0 Å². The van der Waals surface area contributed by atoms with Gasteiger partial charge in [0.25, 0.3) is 0 Å². The van der Waals surface area contributed by atoms with Crippen molar-refractivity contribution in [3.05, 3.63) is 40.9 Å². The molecule has 2 aromatic rings. The Kier molecular flexibility index (Phi) is 3.76. The Balaban J connectivity index is 1.73. The van der Waals surface area contributed by atoms with Gasteiger partial charge in [-0.25, -0.2) is 0 Å². The average Bonchev–Trinajstić information content (AvgIpc) is 2.41. The molecule has 0 unspecified atom stereocenters. The lowest BCUT2D eigenvalue weighted by molar-refractivity contribution is 0.0989. The minimum atomic E-state index is 0.385. The fourth-order valence-corrected chi connectivity index (χ4v) is 3.33. The molecule has 0 aromatic heterocycles. The van der Waals surface area contributed by atoms with E-state index >= 15 is 0 Å². The van der Waals surface area contributed by atoms with Crippen LogP contribution in [0.1, 0.15) is 39.5 Å². The van der Waals surface area contributed by atoms with Crippen molar-refractivity contribution in [2.45, 2.75) is 45.6 Å². The van der Waals surface area contributed by atoms with Gasteiger partial charge >= 0.3 is 0 Å². The van der Waals surface area contributed by atoms with Gasteiger partial charge < -0.3 is 4.74 Å². The molecule has 0 radical (unpaired) electrons. The van der Waals surface area contributed by atoms with Gasteiger partial charge in [0.15, 0.2) is 0 Å². The Labute approximate surface area is 129 Å². The number of ether oxygens (including phenoxy) is 1. The van der Waals surface area contributed by atoms with Crippen molar-refractivity contribution < 1.29 is 4.74 Å². The second kappa shape index (κ2) is 5.40. The molecule has 0 amide bonds. The van der Waals surface area contributed by atoms with Crippen LogP contribution in [0.15, 0.2) is 40.9 Å². The first-order valence-electron chi connectivity index (χ1n) is 7.38. The van der Waals surface area contributed by atoms with Crippen LogP contribution >= 0.6 is 15.9 Å². The van der Waals surface area contributed by atoms with E-state index in [0.717, 1.165) is 10.2 Å². The molecule has 0 spiro atoms. The van der Waals surface area contributed by atoms with Crippen molar-refractivity contribution in [3.8, 4) is 5.75 Å². The summed E-state index contributed by atoms with van der Waals surface area (Å²) in [5.74, 6) is 1.00. The van der Waals surface area contributed by atoms with Crippen molar-refractivity contribution in [1.82, 2.24) is 0 Å². The molecule has 3 rings (SSSR count). The van der Waals surface area contributed by atoms with Crippen molar-refractivity contribution >= 4 is 26.7 Å². The maximum atomic E-state index is 6.18. The summed E-state index contributed by atoms with van der Waals surface area (Å²) in [5, 5.41) is 2.48. The summed E-state index contributed by atoms with van der Waals surface area (Å²) < 4.78 is 7.29. The van der Waals surface area contributed by atoms with Crippen LogP contribution in [0.4, 0.5) is 0 Å². The Morgan fingerprint density at radius 2 is 1.65 bits per heavy atom. The van der Waals surface area contributed by atoms with E-state index in [1.807, 2.05) is 0 Å². The number of halogens is 1. The predicted octanol–water partition coefficient (Wildman–Crippen LogP) is 5.95. The van der Waals surface area contributed by atoms with Gasteiger partial charge in [-0.3, -0.25) is 0 Å². The van der Waals surface area contributed by atoms with Crippen LogP contribution in [0.3, 0.4) is 0 Å². The van der Waals surface area contributed by atoms with Gasteiger partial charge in [0.05, 0.1) is 6.10 Å². The standard InChI is InChI=1S/C18H21BrO/c1-18(2)9-7-16(8-10-18)20-17-6-4-13-11-15(19)5-3-14(13)12-17/h3-6,11-12,16H,7-10H2,1-2H3. The number of benzene rings is 2. The van der Waals surface area contributed by atoms with Crippen LogP contribution in [-0.2, 0) is 0 Å². The molecule has 2 heteroatoms. The van der Waals surface area contributed by atoms with E-state index in [-0.39, 0.29) is 0 Å². The summed E-state index contributed by atoms with van der Waals surface area (Å²) in [6.07, 6.45) is 5.25. The van der Waals surface area contributed by atoms with Crippen LogP contribution in [-0.4, -0.2) is 6.10 Å². The second-order valence-electron chi connectivity index (χ2n) is 6.63. The third-order valence-corrected chi connectivity index (χ3v) is 4.86. The van der Waals surface area contributed by atoms with Crippen molar-refractivity contribution in [2.24, 2.45) is 5.41 Å². The van der Waals surface area contributed by atoms with Crippen LogP contribution in [0.5, 0.6) is 5.75 Å². The zero-order valence-electron chi connectivity index (χ0n) is 12.2. The molecule has 1 saturated carbocycles. The highest BCUT2D eigenvalue weighted by Gasteiger charge is 2.27. The molecule has 1 aliphatic carbocycles. The number of fused-ring (bicyclic) bond motifs is 1. The normalized spacial score (nSPS) is 19.1. The Hall–Kier alpha value is -1.02. The molecule has 0 saturated heterocycles. The zero-order chi connectivity index (χ0) is 14.2. The minimum Gasteiger partial charge on any atom is -0.490 e. The maximum absolute atomic E-state index is 6.18. The largest absolute Gasteiger partial charge is 0.490 e. The van der Waals surface area contributed by atoms with E-state index in [1.165, 1.54) is 36.5 Å². The van der Waals surface area contributed by atoms with Crippen LogP contribution in [0.25, 0.3) is 10.8 Å². The molecule has 0 heterocycles. The van der Waals surface area contributed by atoms with E-state index in [2.05, 4.69) is 66.2 Å². The first-order chi connectivity index (χ1) is 9.52.